The van der Waals surface area contributed by atoms with Crippen molar-refractivity contribution < 1.29 is 22.4 Å². The average Bonchev–Trinajstić information content (AvgIpc) is 2.77. The van der Waals surface area contributed by atoms with Crippen LogP contribution in [0, 0.1) is 0 Å². The van der Waals surface area contributed by atoms with Gasteiger partial charge in [-0.2, -0.15) is 0 Å². The van der Waals surface area contributed by atoms with E-state index in [-0.39, 0.29) is 35.6 Å². The summed E-state index contributed by atoms with van der Waals surface area (Å²) in [5.74, 6) is -0.657. The molecule has 0 saturated carbocycles. The summed E-state index contributed by atoms with van der Waals surface area (Å²) >= 11 is 0. The number of ether oxygens (including phenoxy) is 1. The number of carbonyl (C=O) groups is 1. The zero-order valence-corrected chi connectivity index (χ0v) is 12.2. The molecule has 0 aliphatic heterocycles. The lowest BCUT2D eigenvalue weighted by molar-refractivity contribution is 0.0600. The van der Waals surface area contributed by atoms with Crippen molar-refractivity contribution in [3.63, 3.8) is 0 Å². The monoisotopic (exact) mass is 312 g/mol. The van der Waals surface area contributed by atoms with Gasteiger partial charge in [0.25, 0.3) is 10.0 Å². The molecule has 9 heteroatoms. The van der Waals surface area contributed by atoms with Crippen molar-refractivity contribution in [2.75, 3.05) is 13.7 Å². The van der Waals surface area contributed by atoms with Gasteiger partial charge in [0.1, 0.15) is 6.26 Å². The van der Waals surface area contributed by atoms with E-state index in [0.29, 0.717) is 6.42 Å². The molecule has 0 aliphatic rings. The van der Waals surface area contributed by atoms with E-state index >= 15 is 0 Å². The van der Waals surface area contributed by atoms with E-state index < -0.39 is 16.0 Å². The van der Waals surface area contributed by atoms with E-state index in [9.17, 15) is 13.2 Å². The summed E-state index contributed by atoms with van der Waals surface area (Å²) in [5.41, 5.74) is 5.55. The first kappa shape index (κ1) is 17.9. The highest BCUT2D eigenvalue weighted by molar-refractivity contribution is 7.89. The number of carbonyl (C=O) groups excluding carboxylic acids is 1. The van der Waals surface area contributed by atoms with E-state index in [1.165, 1.54) is 7.11 Å². The van der Waals surface area contributed by atoms with E-state index in [1.54, 1.807) is 6.92 Å². The van der Waals surface area contributed by atoms with Crippen LogP contribution in [-0.2, 0) is 14.8 Å². The Hall–Kier alpha value is -1.09. The molecule has 1 heterocycles. The highest BCUT2D eigenvalue weighted by Gasteiger charge is 2.20. The number of hydrogen-bond donors (Lipinski definition) is 2. The molecule has 1 atom stereocenters. The minimum absolute atomic E-state index is 0. The molecule has 0 saturated heterocycles. The Bertz CT molecular complexity index is 512. The van der Waals surface area contributed by atoms with Gasteiger partial charge in [0.2, 0.25) is 5.09 Å². The highest BCUT2D eigenvalue weighted by Crippen LogP contribution is 2.14. The first-order valence-electron chi connectivity index (χ1n) is 5.29. The van der Waals surface area contributed by atoms with Crippen LogP contribution in [0.4, 0.5) is 0 Å². The molecule has 0 bridgehead atoms. The third-order valence-electron chi connectivity index (χ3n) is 2.15. The number of sulfonamides is 1. The van der Waals surface area contributed by atoms with Crippen LogP contribution in [0.2, 0.25) is 0 Å². The molecule has 0 aromatic carbocycles. The molecule has 7 nitrogen and oxygen atoms in total. The number of methoxy groups -OCH3 is 1. The van der Waals surface area contributed by atoms with Crippen LogP contribution in [0.5, 0.6) is 0 Å². The summed E-state index contributed by atoms with van der Waals surface area (Å²) < 4.78 is 35.1. The molecule has 0 spiro atoms. The molecule has 1 aromatic rings. The van der Waals surface area contributed by atoms with Crippen molar-refractivity contribution in [3.8, 4) is 0 Å². The second kappa shape index (κ2) is 7.49. The number of esters is 1. The zero-order chi connectivity index (χ0) is 13.8. The van der Waals surface area contributed by atoms with Crippen LogP contribution < -0.4 is 10.5 Å². The van der Waals surface area contributed by atoms with Gasteiger partial charge >= 0.3 is 5.97 Å². The normalized spacial score (nSPS) is 12.6. The van der Waals surface area contributed by atoms with Crippen molar-refractivity contribution in [3.05, 3.63) is 17.9 Å². The maximum absolute atomic E-state index is 11.7. The standard InChI is InChI=1S/C10H16N2O5S.ClH/c1-7(11)3-4-12-18(14,15)9-5-8(6-17-9)10(13)16-2;/h5-7,12H,3-4,11H2,1-2H3;1H. The van der Waals surface area contributed by atoms with Crippen LogP contribution in [0.15, 0.2) is 21.8 Å². The molecule has 0 aliphatic carbocycles. The van der Waals surface area contributed by atoms with Crippen LogP contribution in [-0.4, -0.2) is 34.1 Å². The third kappa shape index (κ3) is 5.19. The van der Waals surface area contributed by atoms with Crippen LogP contribution in [0.25, 0.3) is 0 Å². The lowest BCUT2D eigenvalue weighted by Crippen LogP contribution is -2.28. The van der Waals surface area contributed by atoms with E-state index in [1.807, 2.05) is 0 Å². The topological polar surface area (TPSA) is 112 Å². The Morgan fingerprint density at radius 3 is 2.74 bits per heavy atom. The molecular weight excluding hydrogens is 296 g/mol. The number of halogens is 1. The van der Waals surface area contributed by atoms with Crippen LogP contribution in [0.3, 0.4) is 0 Å². The maximum Gasteiger partial charge on any atom is 0.341 e. The summed E-state index contributed by atoms with van der Waals surface area (Å²) in [6, 6.07) is 1.01. The molecule has 3 N–H and O–H groups in total. The number of nitrogens with two attached hydrogens (primary N) is 1. The molecule has 0 fully saturated rings. The Balaban J connectivity index is 0.00000324. The highest BCUT2D eigenvalue weighted by atomic mass is 35.5. The Morgan fingerprint density at radius 2 is 2.21 bits per heavy atom. The third-order valence-corrected chi connectivity index (χ3v) is 3.48. The average molecular weight is 313 g/mol. The predicted octanol–water partition coefficient (Wildman–Crippen LogP) is 0.504. The number of hydrogen-bond acceptors (Lipinski definition) is 6. The van der Waals surface area contributed by atoms with Gasteiger partial charge in [0, 0.05) is 18.7 Å². The van der Waals surface area contributed by atoms with Gasteiger partial charge in [-0.3, -0.25) is 0 Å². The zero-order valence-electron chi connectivity index (χ0n) is 10.6. The summed E-state index contributed by atoms with van der Waals surface area (Å²) in [4.78, 5) is 11.1. The van der Waals surface area contributed by atoms with Gasteiger partial charge in [0.15, 0.2) is 0 Å². The smallest absolute Gasteiger partial charge is 0.341 e. The molecule has 110 valence electrons. The minimum atomic E-state index is -3.76. The van der Waals surface area contributed by atoms with Crippen LogP contribution in [0.1, 0.15) is 23.7 Å². The molecule has 19 heavy (non-hydrogen) atoms. The predicted molar refractivity (Wildman–Crippen MR) is 70.8 cm³/mol. The van der Waals surface area contributed by atoms with Crippen molar-refractivity contribution in [2.45, 2.75) is 24.5 Å². The Kier molecular flexibility index (Phi) is 7.06. The van der Waals surface area contributed by atoms with Gasteiger partial charge in [-0.15, -0.1) is 12.4 Å². The fourth-order valence-electron chi connectivity index (χ4n) is 1.17. The summed E-state index contributed by atoms with van der Waals surface area (Å²) in [7, 11) is -2.56. The fourth-order valence-corrected chi connectivity index (χ4v) is 2.16. The van der Waals surface area contributed by atoms with Gasteiger partial charge < -0.3 is 14.9 Å². The largest absolute Gasteiger partial charge is 0.465 e. The number of rotatable bonds is 6. The van der Waals surface area contributed by atoms with Gasteiger partial charge in [-0.25, -0.2) is 17.9 Å². The summed E-state index contributed by atoms with van der Waals surface area (Å²) in [6.07, 6.45) is 1.54. The van der Waals surface area contributed by atoms with Crippen molar-refractivity contribution >= 4 is 28.4 Å². The van der Waals surface area contributed by atoms with Gasteiger partial charge in [-0.05, 0) is 13.3 Å². The van der Waals surface area contributed by atoms with Crippen molar-refractivity contribution in [1.29, 1.82) is 0 Å². The van der Waals surface area contributed by atoms with E-state index in [4.69, 9.17) is 10.2 Å². The summed E-state index contributed by atoms with van der Waals surface area (Å²) in [5, 5.41) is -0.326. The van der Waals surface area contributed by atoms with Crippen molar-refractivity contribution in [2.24, 2.45) is 5.73 Å². The van der Waals surface area contributed by atoms with E-state index in [0.717, 1.165) is 12.3 Å². The molecule has 1 rings (SSSR count). The van der Waals surface area contributed by atoms with E-state index in [2.05, 4.69) is 9.46 Å². The first-order valence-corrected chi connectivity index (χ1v) is 6.77. The Labute approximate surface area is 117 Å². The quantitative estimate of drug-likeness (QED) is 0.740. The first-order chi connectivity index (χ1) is 8.36. The number of nitrogens with one attached hydrogen (secondary N) is 1. The summed E-state index contributed by atoms with van der Waals surface area (Å²) in [6.45, 7) is 1.98. The van der Waals surface area contributed by atoms with Gasteiger partial charge in [0.05, 0.1) is 12.7 Å². The molecule has 1 unspecified atom stereocenters. The Morgan fingerprint density at radius 1 is 1.58 bits per heavy atom. The minimum Gasteiger partial charge on any atom is -0.465 e. The lowest BCUT2D eigenvalue weighted by atomic mass is 10.3. The molecular formula is C10H17ClN2O5S. The second-order valence-electron chi connectivity index (χ2n) is 3.81. The number of furan rings is 1. The maximum atomic E-state index is 11.7. The van der Waals surface area contributed by atoms with Crippen LogP contribution >= 0.6 is 12.4 Å². The lowest BCUT2D eigenvalue weighted by Gasteiger charge is -2.05. The second-order valence-corrected chi connectivity index (χ2v) is 5.51. The molecule has 0 amide bonds. The fraction of sp³-hybridized carbons (Fsp3) is 0.500. The van der Waals surface area contributed by atoms with Gasteiger partial charge in [-0.1, -0.05) is 0 Å². The molecule has 1 aromatic heterocycles. The molecule has 0 radical (unpaired) electrons. The SMILES string of the molecule is COC(=O)c1coc(S(=O)(=O)NCCC(C)N)c1.Cl. The van der Waals surface area contributed by atoms with Crippen molar-refractivity contribution in [1.82, 2.24) is 4.72 Å².